The van der Waals surface area contributed by atoms with Crippen LogP contribution in [0.3, 0.4) is 0 Å². The third-order valence-corrected chi connectivity index (χ3v) is 1.82. The summed E-state index contributed by atoms with van der Waals surface area (Å²) in [6.07, 6.45) is 2.81. The van der Waals surface area contributed by atoms with E-state index in [4.69, 9.17) is 9.47 Å². The predicted octanol–water partition coefficient (Wildman–Crippen LogP) is 0.811. The Kier molecular flexibility index (Phi) is 3.49. The first kappa shape index (κ1) is 9.77. The molecule has 1 aliphatic heterocycles. The zero-order valence-electron chi connectivity index (χ0n) is 7.32. The molecule has 1 heterocycles. The molecule has 0 spiro atoms. The molecular weight excluding hydrogens is 172 g/mol. The third kappa shape index (κ3) is 3.27. The van der Waals surface area contributed by atoms with E-state index in [9.17, 15) is 9.59 Å². The lowest BCUT2D eigenvalue weighted by Gasteiger charge is -2.07. The summed E-state index contributed by atoms with van der Waals surface area (Å²) in [5.41, 5.74) is 0. The summed E-state index contributed by atoms with van der Waals surface area (Å²) in [5, 5.41) is 0. The highest BCUT2D eigenvalue weighted by Gasteiger charge is 2.22. The van der Waals surface area contributed by atoms with E-state index in [0.29, 0.717) is 12.8 Å². The summed E-state index contributed by atoms with van der Waals surface area (Å²) in [7, 11) is 0. The van der Waals surface area contributed by atoms with Crippen molar-refractivity contribution in [1.29, 1.82) is 0 Å². The Morgan fingerprint density at radius 3 is 3.08 bits per heavy atom. The van der Waals surface area contributed by atoms with Crippen molar-refractivity contribution in [1.82, 2.24) is 0 Å². The first-order valence-electron chi connectivity index (χ1n) is 4.21. The molecule has 0 aromatic rings. The Labute approximate surface area is 76.5 Å². The van der Waals surface area contributed by atoms with E-state index in [-0.39, 0.29) is 18.7 Å². The Morgan fingerprint density at radius 1 is 1.77 bits per heavy atom. The maximum Gasteiger partial charge on any atom is 0.330 e. The van der Waals surface area contributed by atoms with Crippen LogP contribution in [0.15, 0.2) is 12.7 Å². The number of ether oxygens (including phenoxy) is 2. The van der Waals surface area contributed by atoms with Crippen LogP contribution in [0.1, 0.15) is 19.3 Å². The molecule has 1 rings (SSSR count). The van der Waals surface area contributed by atoms with Gasteiger partial charge in [-0.1, -0.05) is 6.58 Å². The average Bonchev–Trinajstić information content (AvgIpc) is 2.51. The van der Waals surface area contributed by atoms with Gasteiger partial charge < -0.3 is 9.47 Å². The van der Waals surface area contributed by atoms with Crippen LogP contribution in [-0.2, 0) is 19.1 Å². The zero-order chi connectivity index (χ0) is 9.68. The van der Waals surface area contributed by atoms with Crippen molar-refractivity contribution >= 4 is 11.9 Å². The van der Waals surface area contributed by atoms with Gasteiger partial charge in [0.2, 0.25) is 0 Å². The number of carbonyl (C=O) groups is 2. The second-order valence-corrected chi connectivity index (χ2v) is 2.81. The van der Waals surface area contributed by atoms with Crippen LogP contribution in [0, 0.1) is 0 Å². The molecule has 1 atom stereocenters. The van der Waals surface area contributed by atoms with Gasteiger partial charge in [-0.25, -0.2) is 4.79 Å². The fourth-order valence-corrected chi connectivity index (χ4v) is 1.14. The first-order valence-corrected chi connectivity index (χ1v) is 4.21. The predicted molar refractivity (Wildman–Crippen MR) is 44.9 cm³/mol. The van der Waals surface area contributed by atoms with E-state index >= 15 is 0 Å². The van der Waals surface area contributed by atoms with Gasteiger partial charge in [-0.05, 0) is 6.42 Å². The summed E-state index contributed by atoms with van der Waals surface area (Å²) in [6, 6.07) is 0. The zero-order valence-corrected chi connectivity index (χ0v) is 7.32. The lowest BCUT2D eigenvalue weighted by molar-refractivity contribution is -0.143. The number of hydrogen-bond donors (Lipinski definition) is 0. The van der Waals surface area contributed by atoms with Gasteiger partial charge in [0, 0.05) is 18.9 Å². The minimum absolute atomic E-state index is 0.0786. The maximum atomic E-state index is 10.7. The van der Waals surface area contributed by atoms with Gasteiger partial charge in [-0.15, -0.1) is 0 Å². The number of hydrogen-bond acceptors (Lipinski definition) is 4. The van der Waals surface area contributed by atoms with Gasteiger partial charge in [0.25, 0.3) is 0 Å². The second kappa shape index (κ2) is 4.64. The van der Waals surface area contributed by atoms with E-state index in [0.717, 1.165) is 12.5 Å². The topological polar surface area (TPSA) is 52.6 Å². The average molecular weight is 184 g/mol. The van der Waals surface area contributed by atoms with Gasteiger partial charge in [0.05, 0.1) is 6.61 Å². The van der Waals surface area contributed by atoms with Crippen molar-refractivity contribution < 1.29 is 19.1 Å². The molecule has 1 unspecified atom stereocenters. The molecule has 72 valence electrons. The summed E-state index contributed by atoms with van der Waals surface area (Å²) in [5.74, 6) is -0.607. The molecule has 0 amide bonds. The van der Waals surface area contributed by atoms with Gasteiger partial charge in [0.1, 0.15) is 6.10 Å². The Morgan fingerprint density at radius 2 is 2.54 bits per heavy atom. The largest absolute Gasteiger partial charge is 0.462 e. The molecule has 0 N–H and O–H groups in total. The van der Waals surface area contributed by atoms with Crippen molar-refractivity contribution in [3.63, 3.8) is 0 Å². The van der Waals surface area contributed by atoms with Crippen LogP contribution in [0.2, 0.25) is 0 Å². The van der Waals surface area contributed by atoms with Crippen LogP contribution in [0.5, 0.6) is 0 Å². The monoisotopic (exact) mass is 184 g/mol. The SMILES string of the molecule is C=CC(=O)OCCC1CCC(=O)O1. The molecule has 0 saturated carbocycles. The number of esters is 2. The van der Waals surface area contributed by atoms with Crippen molar-refractivity contribution in [2.75, 3.05) is 6.61 Å². The van der Waals surface area contributed by atoms with E-state index in [2.05, 4.69) is 6.58 Å². The van der Waals surface area contributed by atoms with Gasteiger partial charge in [-0.3, -0.25) is 4.79 Å². The van der Waals surface area contributed by atoms with Crippen molar-refractivity contribution in [3.05, 3.63) is 12.7 Å². The molecule has 0 aromatic carbocycles. The third-order valence-electron chi connectivity index (χ3n) is 1.82. The highest BCUT2D eigenvalue weighted by molar-refractivity contribution is 5.81. The van der Waals surface area contributed by atoms with Gasteiger partial charge in [0.15, 0.2) is 0 Å². The lowest BCUT2D eigenvalue weighted by atomic mass is 10.2. The van der Waals surface area contributed by atoms with E-state index in [1.807, 2.05) is 0 Å². The standard InChI is InChI=1S/C9H12O4/c1-2-8(10)12-6-5-7-3-4-9(11)13-7/h2,7H,1,3-6H2. The molecule has 0 bridgehead atoms. The molecule has 13 heavy (non-hydrogen) atoms. The summed E-state index contributed by atoms with van der Waals surface area (Å²) in [6.45, 7) is 3.54. The molecule has 1 fully saturated rings. The quantitative estimate of drug-likeness (QED) is 0.479. The molecule has 0 aromatic heterocycles. The van der Waals surface area contributed by atoms with Crippen molar-refractivity contribution in [2.24, 2.45) is 0 Å². The Hall–Kier alpha value is -1.32. The van der Waals surface area contributed by atoms with E-state index in [1.54, 1.807) is 0 Å². The van der Waals surface area contributed by atoms with E-state index in [1.165, 1.54) is 0 Å². The van der Waals surface area contributed by atoms with Crippen LogP contribution in [0.4, 0.5) is 0 Å². The maximum absolute atomic E-state index is 10.7. The lowest BCUT2D eigenvalue weighted by Crippen LogP contribution is -2.12. The van der Waals surface area contributed by atoms with Gasteiger partial charge in [-0.2, -0.15) is 0 Å². The highest BCUT2D eigenvalue weighted by Crippen LogP contribution is 2.16. The number of cyclic esters (lactones) is 1. The minimum atomic E-state index is -0.440. The Balaban J connectivity index is 2.09. The highest BCUT2D eigenvalue weighted by atomic mass is 16.6. The van der Waals surface area contributed by atoms with Gasteiger partial charge >= 0.3 is 11.9 Å². The molecule has 1 aliphatic rings. The normalized spacial score (nSPS) is 20.9. The minimum Gasteiger partial charge on any atom is -0.462 e. The first-order chi connectivity index (χ1) is 6.22. The molecular formula is C9H12O4. The summed E-state index contributed by atoms with van der Waals surface area (Å²) in [4.78, 5) is 21.3. The van der Waals surface area contributed by atoms with Crippen LogP contribution < -0.4 is 0 Å². The molecule has 4 nitrogen and oxygen atoms in total. The fourth-order valence-electron chi connectivity index (χ4n) is 1.14. The van der Waals surface area contributed by atoms with Crippen LogP contribution in [0.25, 0.3) is 0 Å². The number of carbonyl (C=O) groups excluding carboxylic acids is 2. The van der Waals surface area contributed by atoms with E-state index < -0.39 is 5.97 Å². The molecule has 4 heteroatoms. The molecule has 1 saturated heterocycles. The number of rotatable bonds is 4. The van der Waals surface area contributed by atoms with Crippen molar-refractivity contribution in [3.8, 4) is 0 Å². The smallest absolute Gasteiger partial charge is 0.330 e. The molecule has 0 aliphatic carbocycles. The van der Waals surface area contributed by atoms with Crippen molar-refractivity contribution in [2.45, 2.75) is 25.4 Å². The summed E-state index contributed by atoms with van der Waals surface area (Å²) < 4.78 is 9.66. The molecule has 0 radical (unpaired) electrons. The van der Waals surface area contributed by atoms with Crippen LogP contribution in [-0.4, -0.2) is 24.6 Å². The Bertz CT molecular complexity index is 222. The second-order valence-electron chi connectivity index (χ2n) is 2.81. The summed E-state index contributed by atoms with van der Waals surface area (Å²) >= 11 is 0. The van der Waals surface area contributed by atoms with Crippen LogP contribution >= 0.6 is 0 Å². The fraction of sp³-hybridized carbons (Fsp3) is 0.556.